The number of carbonyl (C=O) groups is 1. The van der Waals surface area contributed by atoms with Crippen LogP contribution in [-0.2, 0) is 11.3 Å². The number of rotatable bonds is 6. The molecule has 24 heavy (non-hydrogen) atoms. The predicted molar refractivity (Wildman–Crippen MR) is 96.8 cm³/mol. The molecule has 2 rings (SSSR count). The number of nitrogens with two attached hydrogens (primary N) is 1. The van der Waals surface area contributed by atoms with Crippen LogP contribution in [0.1, 0.15) is 18.4 Å². The van der Waals surface area contributed by atoms with Crippen molar-refractivity contribution in [3.8, 4) is 0 Å². The fourth-order valence-corrected chi connectivity index (χ4v) is 2.80. The molecule has 7 heteroatoms. The Bertz CT molecular complexity index is 592. The molecular weight excluding hydrogens is 304 g/mol. The van der Waals surface area contributed by atoms with Gasteiger partial charge in [-0.25, -0.2) is 4.98 Å². The van der Waals surface area contributed by atoms with Crippen LogP contribution in [0, 0.1) is 5.92 Å². The van der Waals surface area contributed by atoms with Crippen LogP contribution < -0.4 is 21.3 Å². The lowest BCUT2D eigenvalue weighted by Gasteiger charge is -2.32. The van der Waals surface area contributed by atoms with Gasteiger partial charge in [-0.2, -0.15) is 0 Å². The maximum Gasteiger partial charge on any atom is 0.220 e. The molecule has 0 saturated carbocycles. The molecular formula is C17H26N6O. The van der Waals surface area contributed by atoms with Gasteiger partial charge >= 0.3 is 0 Å². The summed E-state index contributed by atoms with van der Waals surface area (Å²) >= 11 is 0. The van der Waals surface area contributed by atoms with Crippen LogP contribution in [0.25, 0.3) is 0 Å². The van der Waals surface area contributed by atoms with Gasteiger partial charge < -0.3 is 21.3 Å². The molecule has 1 fully saturated rings. The summed E-state index contributed by atoms with van der Waals surface area (Å²) in [6.45, 7) is 6.54. The molecule has 130 valence electrons. The van der Waals surface area contributed by atoms with Gasteiger partial charge in [-0.3, -0.25) is 9.79 Å². The maximum absolute atomic E-state index is 11.3. The third kappa shape index (κ3) is 4.71. The maximum atomic E-state index is 11.3. The van der Waals surface area contributed by atoms with Gasteiger partial charge in [0.15, 0.2) is 5.96 Å². The van der Waals surface area contributed by atoms with Crippen molar-refractivity contribution in [3.05, 3.63) is 36.5 Å². The van der Waals surface area contributed by atoms with E-state index in [0.717, 1.165) is 43.3 Å². The Labute approximate surface area is 143 Å². The number of pyridine rings is 1. The monoisotopic (exact) mass is 330 g/mol. The Kier molecular flexibility index (Phi) is 6.60. The van der Waals surface area contributed by atoms with E-state index in [4.69, 9.17) is 5.73 Å². The molecule has 4 N–H and O–H groups in total. The number of aliphatic imine (C=N–C) groups is 1. The van der Waals surface area contributed by atoms with E-state index in [1.54, 1.807) is 19.3 Å². The highest BCUT2D eigenvalue weighted by atomic mass is 16.1. The van der Waals surface area contributed by atoms with Gasteiger partial charge in [-0.05, 0) is 18.9 Å². The lowest BCUT2D eigenvalue weighted by Crippen LogP contribution is -2.40. The first-order valence-corrected chi connectivity index (χ1v) is 8.19. The molecule has 0 aromatic carbocycles. The van der Waals surface area contributed by atoms with E-state index in [1.807, 2.05) is 6.07 Å². The fraction of sp³-hybridized carbons (Fsp3) is 0.471. The number of anilines is 1. The van der Waals surface area contributed by atoms with Gasteiger partial charge in [0.2, 0.25) is 5.91 Å². The van der Waals surface area contributed by atoms with Crippen LogP contribution in [0.15, 0.2) is 36.0 Å². The van der Waals surface area contributed by atoms with Gasteiger partial charge in [0.25, 0.3) is 0 Å². The fourth-order valence-electron chi connectivity index (χ4n) is 2.80. The molecule has 1 aromatic rings. The van der Waals surface area contributed by atoms with Gasteiger partial charge in [-0.1, -0.05) is 12.1 Å². The summed E-state index contributed by atoms with van der Waals surface area (Å²) in [6.07, 6.45) is 5.14. The molecule has 2 heterocycles. The number of hydrogen-bond donors (Lipinski definition) is 3. The number of nitrogens with one attached hydrogen (secondary N) is 2. The standard InChI is InChI=1S/C17H26N6O/c1-3-8-21-17(19-2)22-12-14-5-4-9-20-16(14)23-10-6-13(7-11-23)15(18)24/h3-5,9,13H,1,6-8,10-12H2,2H3,(H2,18,24)(H2,19,21,22). The summed E-state index contributed by atoms with van der Waals surface area (Å²) in [4.78, 5) is 22.2. The zero-order valence-electron chi connectivity index (χ0n) is 14.2. The van der Waals surface area contributed by atoms with E-state index < -0.39 is 0 Å². The average Bonchev–Trinajstić information content (AvgIpc) is 2.62. The third-order valence-electron chi connectivity index (χ3n) is 4.15. The van der Waals surface area contributed by atoms with E-state index in [2.05, 4.69) is 38.2 Å². The summed E-state index contributed by atoms with van der Waals surface area (Å²) in [5.74, 6) is 1.45. The third-order valence-corrected chi connectivity index (χ3v) is 4.15. The minimum absolute atomic E-state index is 0.0199. The van der Waals surface area contributed by atoms with E-state index in [1.165, 1.54) is 0 Å². The molecule has 1 saturated heterocycles. The van der Waals surface area contributed by atoms with Crippen LogP contribution in [0.2, 0.25) is 0 Å². The van der Waals surface area contributed by atoms with Crippen molar-refractivity contribution < 1.29 is 4.79 Å². The number of amides is 1. The number of carbonyl (C=O) groups excluding carboxylic acids is 1. The molecule has 0 radical (unpaired) electrons. The van der Waals surface area contributed by atoms with Crippen LogP contribution in [-0.4, -0.2) is 43.5 Å². The first kappa shape index (κ1) is 17.8. The Morgan fingerprint density at radius 3 is 2.88 bits per heavy atom. The number of nitrogens with zero attached hydrogens (tertiary/aromatic N) is 3. The topological polar surface area (TPSA) is 95.6 Å². The highest BCUT2D eigenvalue weighted by Crippen LogP contribution is 2.24. The molecule has 0 spiro atoms. The second-order valence-electron chi connectivity index (χ2n) is 5.75. The summed E-state index contributed by atoms with van der Waals surface area (Å²) in [6, 6.07) is 3.98. The number of aromatic nitrogens is 1. The zero-order chi connectivity index (χ0) is 17.4. The van der Waals surface area contributed by atoms with Gasteiger partial charge in [0.1, 0.15) is 5.82 Å². The lowest BCUT2D eigenvalue weighted by molar-refractivity contribution is -0.122. The Morgan fingerprint density at radius 2 is 2.25 bits per heavy atom. The Hall–Kier alpha value is -2.57. The van der Waals surface area contributed by atoms with Gasteiger partial charge in [0, 0.05) is 50.9 Å². The van der Waals surface area contributed by atoms with E-state index in [9.17, 15) is 4.79 Å². The van der Waals surface area contributed by atoms with E-state index in [-0.39, 0.29) is 11.8 Å². The smallest absolute Gasteiger partial charge is 0.220 e. The second-order valence-corrected chi connectivity index (χ2v) is 5.75. The van der Waals surface area contributed by atoms with E-state index >= 15 is 0 Å². The van der Waals surface area contributed by atoms with Gasteiger partial charge in [-0.15, -0.1) is 6.58 Å². The molecule has 0 unspecified atom stereocenters. The molecule has 7 nitrogen and oxygen atoms in total. The quantitative estimate of drug-likeness (QED) is 0.404. The summed E-state index contributed by atoms with van der Waals surface area (Å²) in [5.41, 5.74) is 6.50. The summed E-state index contributed by atoms with van der Waals surface area (Å²) < 4.78 is 0. The number of hydrogen-bond acceptors (Lipinski definition) is 4. The normalized spacial score (nSPS) is 15.9. The second kappa shape index (κ2) is 8.90. The van der Waals surface area contributed by atoms with Crippen molar-refractivity contribution >= 4 is 17.7 Å². The summed E-state index contributed by atoms with van der Waals surface area (Å²) in [7, 11) is 1.73. The van der Waals surface area contributed by atoms with Crippen molar-refractivity contribution in [2.24, 2.45) is 16.6 Å². The SMILES string of the molecule is C=CCNC(=NC)NCc1cccnc1N1CCC(C(N)=O)CC1. The van der Waals surface area contributed by atoms with Crippen LogP contribution in [0.5, 0.6) is 0 Å². The first-order chi connectivity index (χ1) is 11.7. The Balaban J connectivity index is 2.00. The van der Waals surface area contributed by atoms with E-state index in [0.29, 0.717) is 13.1 Å². The van der Waals surface area contributed by atoms with Crippen molar-refractivity contribution in [1.29, 1.82) is 0 Å². The van der Waals surface area contributed by atoms with Crippen molar-refractivity contribution in [3.63, 3.8) is 0 Å². The molecule has 1 amide bonds. The lowest BCUT2D eigenvalue weighted by atomic mass is 9.96. The van der Waals surface area contributed by atoms with Crippen molar-refractivity contribution in [2.45, 2.75) is 19.4 Å². The van der Waals surface area contributed by atoms with Crippen molar-refractivity contribution in [1.82, 2.24) is 15.6 Å². The zero-order valence-corrected chi connectivity index (χ0v) is 14.2. The Morgan fingerprint density at radius 1 is 1.50 bits per heavy atom. The molecule has 1 aromatic heterocycles. The molecule has 1 aliphatic rings. The molecule has 0 bridgehead atoms. The number of primary amides is 1. The first-order valence-electron chi connectivity index (χ1n) is 8.19. The molecule has 0 atom stereocenters. The number of piperidine rings is 1. The van der Waals surface area contributed by atoms with Gasteiger partial charge in [0.05, 0.1) is 0 Å². The summed E-state index contributed by atoms with van der Waals surface area (Å²) in [5, 5.41) is 6.42. The predicted octanol–water partition coefficient (Wildman–Crippen LogP) is 0.634. The number of guanidine groups is 1. The molecule has 0 aliphatic carbocycles. The average molecular weight is 330 g/mol. The molecule has 1 aliphatic heterocycles. The van der Waals surface area contributed by atoms with Crippen molar-refractivity contribution in [2.75, 3.05) is 31.6 Å². The van der Waals surface area contributed by atoms with Crippen LogP contribution in [0.3, 0.4) is 0 Å². The van der Waals surface area contributed by atoms with Crippen LogP contribution >= 0.6 is 0 Å². The minimum Gasteiger partial charge on any atom is -0.369 e. The highest BCUT2D eigenvalue weighted by Gasteiger charge is 2.24. The minimum atomic E-state index is -0.199. The van der Waals surface area contributed by atoms with Crippen LogP contribution in [0.4, 0.5) is 5.82 Å². The largest absolute Gasteiger partial charge is 0.369 e. The highest BCUT2D eigenvalue weighted by molar-refractivity contribution is 5.80.